The van der Waals surface area contributed by atoms with E-state index in [1.807, 2.05) is 31.3 Å². The van der Waals surface area contributed by atoms with E-state index in [9.17, 15) is 4.39 Å². The Labute approximate surface area is 111 Å². The summed E-state index contributed by atoms with van der Waals surface area (Å²) in [6.45, 7) is 0. The molecule has 0 saturated heterocycles. The maximum atomic E-state index is 13.7. The Bertz CT molecular complexity index is 513. The molecule has 0 bridgehead atoms. The zero-order chi connectivity index (χ0) is 13.0. The van der Waals surface area contributed by atoms with E-state index < -0.39 is 0 Å². The van der Waals surface area contributed by atoms with Gasteiger partial charge in [0, 0.05) is 22.8 Å². The normalized spacial score (nSPS) is 12.4. The predicted octanol–water partition coefficient (Wildman–Crippen LogP) is 3.38. The van der Waals surface area contributed by atoms with Gasteiger partial charge in [-0.15, -0.1) is 0 Å². The summed E-state index contributed by atoms with van der Waals surface area (Å²) in [6.07, 6.45) is 3.54. The number of halogens is 2. The van der Waals surface area contributed by atoms with E-state index in [0.29, 0.717) is 17.0 Å². The van der Waals surface area contributed by atoms with Crippen LogP contribution < -0.4 is 5.32 Å². The number of likely N-dealkylation sites (N-methyl/N-ethyl adjacent to an activating group) is 1. The van der Waals surface area contributed by atoms with Crippen LogP contribution in [-0.4, -0.2) is 12.0 Å². The molecule has 2 aromatic rings. The zero-order valence-electron chi connectivity index (χ0n) is 10.0. The Kier molecular flexibility index (Phi) is 4.28. The van der Waals surface area contributed by atoms with Crippen LogP contribution in [0.15, 0.2) is 42.7 Å². The van der Waals surface area contributed by atoms with Gasteiger partial charge in [0.1, 0.15) is 5.82 Å². The molecule has 0 aliphatic rings. The monoisotopic (exact) mass is 264 g/mol. The van der Waals surface area contributed by atoms with Crippen molar-refractivity contribution in [3.05, 3.63) is 64.7 Å². The smallest absolute Gasteiger partial charge is 0.146 e. The van der Waals surface area contributed by atoms with Gasteiger partial charge in [0.05, 0.1) is 6.20 Å². The Balaban J connectivity index is 2.20. The van der Waals surface area contributed by atoms with Crippen molar-refractivity contribution in [1.82, 2.24) is 10.3 Å². The third-order valence-electron chi connectivity index (χ3n) is 2.88. The number of pyridine rings is 1. The van der Waals surface area contributed by atoms with E-state index in [1.165, 1.54) is 6.20 Å². The summed E-state index contributed by atoms with van der Waals surface area (Å²) in [7, 11) is 1.82. The second-order valence-corrected chi connectivity index (χ2v) is 4.51. The van der Waals surface area contributed by atoms with Crippen molar-refractivity contribution < 1.29 is 4.39 Å². The lowest BCUT2D eigenvalue weighted by Gasteiger charge is -2.17. The zero-order valence-corrected chi connectivity index (χ0v) is 10.8. The SMILES string of the molecule is CNC(Cc1ccc(Cl)cc1)c1ccncc1F. The van der Waals surface area contributed by atoms with Crippen molar-refractivity contribution in [2.75, 3.05) is 7.05 Å². The van der Waals surface area contributed by atoms with Crippen molar-refractivity contribution in [1.29, 1.82) is 0 Å². The molecule has 18 heavy (non-hydrogen) atoms. The highest BCUT2D eigenvalue weighted by Gasteiger charge is 2.14. The molecular weight excluding hydrogens is 251 g/mol. The van der Waals surface area contributed by atoms with Gasteiger partial charge in [0.2, 0.25) is 0 Å². The van der Waals surface area contributed by atoms with Gasteiger partial charge < -0.3 is 5.32 Å². The van der Waals surface area contributed by atoms with Crippen LogP contribution in [0.3, 0.4) is 0 Å². The summed E-state index contributed by atoms with van der Waals surface area (Å²) in [4.78, 5) is 3.76. The molecule has 0 aliphatic heterocycles. The molecule has 2 rings (SSSR count). The van der Waals surface area contributed by atoms with Crippen LogP contribution in [0.1, 0.15) is 17.2 Å². The molecule has 0 fully saturated rings. The molecule has 0 saturated carbocycles. The molecule has 1 atom stereocenters. The van der Waals surface area contributed by atoms with Crippen LogP contribution in [0.5, 0.6) is 0 Å². The van der Waals surface area contributed by atoms with Crippen LogP contribution in [0, 0.1) is 5.82 Å². The molecule has 0 spiro atoms. The van der Waals surface area contributed by atoms with E-state index in [-0.39, 0.29) is 11.9 Å². The molecule has 4 heteroatoms. The van der Waals surface area contributed by atoms with Crippen LogP contribution in [0.25, 0.3) is 0 Å². The van der Waals surface area contributed by atoms with E-state index in [0.717, 1.165) is 5.56 Å². The average molecular weight is 265 g/mol. The molecule has 2 nitrogen and oxygen atoms in total. The molecule has 1 heterocycles. The molecule has 94 valence electrons. The number of nitrogens with one attached hydrogen (secondary N) is 1. The van der Waals surface area contributed by atoms with Crippen LogP contribution in [-0.2, 0) is 6.42 Å². The highest BCUT2D eigenvalue weighted by atomic mass is 35.5. The molecule has 1 N–H and O–H groups in total. The first-order chi connectivity index (χ1) is 8.70. The van der Waals surface area contributed by atoms with Gasteiger partial charge in [-0.25, -0.2) is 4.39 Å². The average Bonchev–Trinajstić information content (AvgIpc) is 2.39. The maximum Gasteiger partial charge on any atom is 0.146 e. The molecule has 0 radical (unpaired) electrons. The number of aromatic nitrogens is 1. The number of benzene rings is 1. The quantitative estimate of drug-likeness (QED) is 0.916. The largest absolute Gasteiger partial charge is 0.313 e. The van der Waals surface area contributed by atoms with E-state index in [4.69, 9.17) is 11.6 Å². The Morgan fingerprint density at radius 2 is 2.00 bits per heavy atom. The Hall–Kier alpha value is -1.45. The molecule has 1 unspecified atom stereocenters. The van der Waals surface area contributed by atoms with E-state index in [2.05, 4.69) is 10.3 Å². The minimum atomic E-state index is -0.286. The van der Waals surface area contributed by atoms with Crippen molar-refractivity contribution in [2.24, 2.45) is 0 Å². The van der Waals surface area contributed by atoms with Crippen LogP contribution in [0.2, 0.25) is 5.02 Å². The summed E-state index contributed by atoms with van der Waals surface area (Å²) in [5.41, 5.74) is 1.73. The lowest BCUT2D eigenvalue weighted by atomic mass is 9.99. The number of nitrogens with zero attached hydrogens (tertiary/aromatic N) is 1. The van der Waals surface area contributed by atoms with E-state index >= 15 is 0 Å². The van der Waals surface area contributed by atoms with Gasteiger partial charge in [-0.2, -0.15) is 0 Å². The minimum absolute atomic E-state index is 0.0748. The van der Waals surface area contributed by atoms with Gasteiger partial charge in [0.15, 0.2) is 0 Å². The van der Waals surface area contributed by atoms with Gasteiger partial charge in [-0.05, 0) is 37.2 Å². The fourth-order valence-corrected chi connectivity index (χ4v) is 2.02. The lowest BCUT2D eigenvalue weighted by molar-refractivity contribution is 0.530. The van der Waals surface area contributed by atoms with Crippen molar-refractivity contribution in [3.8, 4) is 0 Å². The first kappa shape index (κ1) is 13.0. The fraction of sp³-hybridized carbons (Fsp3) is 0.214. The van der Waals surface area contributed by atoms with Gasteiger partial charge in [-0.1, -0.05) is 23.7 Å². The molecule has 0 amide bonds. The maximum absolute atomic E-state index is 13.7. The summed E-state index contributed by atoms with van der Waals surface area (Å²) in [6, 6.07) is 9.21. The third-order valence-corrected chi connectivity index (χ3v) is 3.13. The molecular formula is C14H14ClFN2. The number of hydrogen-bond donors (Lipinski definition) is 1. The summed E-state index contributed by atoms with van der Waals surface area (Å²) in [5, 5.41) is 3.83. The highest BCUT2D eigenvalue weighted by molar-refractivity contribution is 6.30. The lowest BCUT2D eigenvalue weighted by Crippen LogP contribution is -2.20. The first-order valence-corrected chi connectivity index (χ1v) is 6.09. The summed E-state index contributed by atoms with van der Waals surface area (Å²) >= 11 is 5.84. The Morgan fingerprint density at radius 1 is 1.28 bits per heavy atom. The van der Waals surface area contributed by atoms with Gasteiger partial charge in [0.25, 0.3) is 0 Å². The standard InChI is InChI=1S/C14H14ClFN2/c1-17-14(12-6-7-18-9-13(12)16)8-10-2-4-11(15)5-3-10/h2-7,9,14,17H,8H2,1H3. The van der Waals surface area contributed by atoms with Crippen LogP contribution >= 0.6 is 11.6 Å². The fourth-order valence-electron chi connectivity index (χ4n) is 1.89. The molecule has 1 aromatic heterocycles. The second-order valence-electron chi connectivity index (χ2n) is 4.07. The minimum Gasteiger partial charge on any atom is -0.313 e. The Morgan fingerprint density at radius 3 is 2.61 bits per heavy atom. The van der Waals surface area contributed by atoms with Crippen molar-refractivity contribution in [2.45, 2.75) is 12.5 Å². The summed E-state index contributed by atoms with van der Waals surface area (Å²) < 4.78 is 13.7. The number of rotatable bonds is 4. The highest BCUT2D eigenvalue weighted by Crippen LogP contribution is 2.21. The number of hydrogen-bond acceptors (Lipinski definition) is 2. The van der Waals surface area contributed by atoms with Gasteiger partial charge >= 0.3 is 0 Å². The van der Waals surface area contributed by atoms with Crippen molar-refractivity contribution >= 4 is 11.6 Å². The van der Waals surface area contributed by atoms with Crippen LogP contribution in [0.4, 0.5) is 4.39 Å². The molecule has 1 aromatic carbocycles. The molecule has 0 aliphatic carbocycles. The van der Waals surface area contributed by atoms with Crippen molar-refractivity contribution in [3.63, 3.8) is 0 Å². The summed E-state index contributed by atoms with van der Waals surface area (Å²) in [5.74, 6) is -0.286. The third kappa shape index (κ3) is 3.06. The predicted molar refractivity (Wildman–Crippen MR) is 71.2 cm³/mol. The van der Waals surface area contributed by atoms with E-state index in [1.54, 1.807) is 12.3 Å². The van der Waals surface area contributed by atoms with Gasteiger partial charge in [-0.3, -0.25) is 4.98 Å². The topological polar surface area (TPSA) is 24.9 Å². The first-order valence-electron chi connectivity index (χ1n) is 5.72. The second kappa shape index (κ2) is 5.94.